The molecule has 0 fully saturated rings. The average molecular weight is 438 g/mol. The first-order valence-electron chi connectivity index (χ1n) is 10.0. The molecule has 0 aromatic carbocycles. The number of nitrogens with one attached hydrogen (secondary N) is 1. The maximum absolute atomic E-state index is 12.1. The summed E-state index contributed by atoms with van der Waals surface area (Å²) in [6, 6.07) is 0.504. The summed E-state index contributed by atoms with van der Waals surface area (Å²) < 4.78 is 27.1. The maximum Gasteiger partial charge on any atom is 0.500 e. The number of ether oxygens (including phenoxy) is 2. The number of esters is 2. The summed E-state index contributed by atoms with van der Waals surface area (Å²) in [5, 5.41) is 3.41. The Morgan fingerprint density at radius 3 is 2.14 bits per heavy atom. The number of quaternary nitrogens is 1. The molecule has 0 aromatic rings. The van der Waals surface area contributed by atoms with Crippen LogP contribution in [0.25, 0.3) is 0 Å². The minimum atomic E-state index is -2.83. The van der Waals surface area contributed by atoms with E-state index in [1.165, 1.54) is 7.11 Å². The molecular weight excluding hydrogens is 396 g/mol. The lowest BCUT2D eigenvalue weighted by molar-refractivity contribution is -0.883. The molecule has 1 N–H and O–H groups in total. The van der Waals surface area contributed by atoms with Crippen LogP contribution in [0.2, 0.25) is 6.04 Å². The molecule has 172 valence electrons. The van der Waals surface area contributed by atoms with Crippen molar-refractivity contribution in [1.29, 1.82) is 0 Å². The molecule has 0 aromatic heterocycles. The second-order valence-corrected chi connectivity index (χ2v) is 10.8. The van der Waals surface area contributed by atoms with E-state index in [1.54, 1.807) is 21.3 Å². The molecule has 10 heteroatoms. The second-order valence-electron chi connectivity index (χ2n) is 7.75. The van der Waals surface area contributed by atoms with Crippen molar-refractivity contribution >= 4 is 20.7 Å². The topological polar surface area (TPSA) is 92.3 Å². The van der Waals surface area contributed by atoms with Gasteiger partial charge < -0.3 is 32.6 Å². The Labute approximate surface area is 176 Å². The molecule has 0 amide bonds. The van der Waals surface area contributed by atoms with E-state index in [4.69, 9.17) is 22.8 Å². The van der Waals surface area contributed by atoms with Gasteiger partial charge in [0.1, 0.15) is 0 Å². The fourth-order valence-electron chi connectivity index (χ4n) is 3.18. The molecule has 0 aliphatic carbocycles. The molecule has 0 saturated carbocycles. The van der Waals surface area contributed by atoms with E-state index in [0.717, 1.165) is 19.5 Å². The highest BCUT2D eigenvalue weighted by Gasteiger charge is 2.43. The first kappa shape index (κ1) is 28.0. The van der Waals surface area contributed by atoms with Crippen LogP contribution in [0.5, 0.6) is 0 Å². The largest absolute Gasteiger partial charge is 0.500 e. The molecule has 9 nitrogen and oxygen atoms in total. The Bertz CT molecular complexity index is 479. The zero-order valence-corrected chi connectivity index (χ0v) is 20.4. The van der Waals surface area contributed by atoms with Gasteiger partial charge in [-0.25, -0.2) is 4.79 Å². The van der Waals surface area contributed by atoms with Crippen molar-refractivity contribution in [1.82, 2.24) is 5.32 Å². The van der Waals surface area contributed by atoms with Crippen molar-refractivity contribution in [3.05, 3.63) is 0 Å². The van der Waals surface area contributed by atoms with Crippen molar-refractivity contribution in [3.63, 3.8) is 0 Å². The summed E-state index contributed by atoms with van der Waals surface area (Å²) in [6.45, 7) is 6.59. The molecule has 0 spiro atoms. The van der Waals surface area contributed by atoms with Crippen LogP contribution in [-0.4, -0.2) is 101 Å². The number of hydrogen-bond acceptors (Lipinski definition) is 8. The van der Waals surface area contributed by atoms with E-state index >= 15 is 0 Å². The molecule has 0 bridgehead atoms. The van der Waals surface area contributed by atoms with Crippen molar-refractivity contribution in [3.8, 4) is 0 Å². The molecule has 0 rings (SSSR count). The lowest BCUT2D eigenvalue weighted by Crippen LogP contribution is -2.48. The van der Waals surface area contributed by atoms with Crippen LogP contribution < -0.4 is 5.32 Å². The second kappa shape index (κ2) is 14.0. The van der Waals surface area contributed by atoms with E-state index < -0.39 is 8.80 Å². The molecule has 0 heterocycles. The predicted octanol–water partition coefficient (Wildman–Crippen LogP) is 0.909. The average Bonchev–Trinajstić information content (AvgIpc) is 2.69. The third kappa shape index (κ3) is 10.5. The normalized spacial score (nSPS) is 14.3. The lowest BCUT2D eigenvalue weighted by atomic mass is 9.96. The van der Waals surface area contributed by atoms with Gasteiger partial charge in [-0.3, -0.25) is 4.79 Å². The highest BCUT2D eigenvalue weighted by molar-refractivity contribution is 6.60. The Hall–Kier alpha value is -1.04. The van der Waals surface area contributed by atoms with Crippen molar-refractivity contribution < 1.29 is 36.8 Å². The van der Waals surface area contributed by atoms with Crippen LogP contribution in [0.1, 0.15) is 20.3 Å². The van der Waals surface area contributed by atoms with Crippen LogP contribution in [0.3, 0.4) is 0 Å². The van der Waals surface area contributed by atoms with Gasteiger partial charge in [0.25, 0.3) is 0 Å². The van der Waals surface area contributed by atoms with Crippen molar-refractivity contribution in [2.45, 2.75) is 26.3 Å². The first-order chi connectivity index (χ1) is 13.6. The number of nitrogens with zero attached hydrogens (tertiary/aromatic N) is 1. The predicted molar refractivity (Wildman–Crippen MR) is 112 cm³/mol. The minimum absolute atomic E-state index is 0.0593. The number of rotatable bonds is 16. The van der Waals surface area contributed by atoms with E-state index in [9.17, 15) is 9.59 Å². The van der Waals surface area contributed by atoms with Gasteiger partial charge in [0, 0.05) is 40.3 Å². The van der Waals surface area contributed by atoms with Gasteiger partial charge in [0.15, 0.2) is 6.54 Å². The maximum atomic E-state index is 12.1. The highest BCUT2D eigenvalue weighted by Crippen LogP contribution is 2.26. The van der Waals surface area contributed by atoms with Gasteiger partial charge in [0.05, 0.1) is 40.3 Å². The van der Waals surface area contributed by atoms with Crippen molar-refractivity contribution in [2.75, 3.05) is 75.3 Å². The quantitative estimate of drug-likeness (QED) is 0.165. The van der Waals surface area contributed by atoms with Crippen LogP contribution in [0.15, 0.2) is 0 Å². The fraction of sp³-hybridized carbons (Fsp3) is 0.895. The van der Waals surface area contributed by atoms with Crippen LogP contribution in [0.4, 0.5) is 0 Å². The monoisotopic (exact) mass is 437 g/mol. The standard InChI is InChI=1S/C19H41N2O7Si/c1-9-28-18(22)14-21(3,4)12-10-11-20-13-17(16(2)19(23)24-5)15-29(25-6,26-7)27-8/h16-17,20H,9-15H2,1-8H3/q+1. The van der Waals surface area contributed by atoms with E-state index in [-0.39, 0.29) is 23.8 Å². The third-order valence-electron chi connectivity index (χ3n) is 5.11. The number of likely N-dealkylation sites (N-methyl/N-ethyl adjacent to an activating group) is 1. The van der Waals surface area contributed by atoms with Crippen LogP contribution >= 0.6 is 0 Å². The number of hydrogen-bond donors (Lipinski definition) is 1. The van der Waals surface area contributed by atoms with Gasteiger partial charge in [-0.05, 0) is 19.4 Å². The zero-order valence-electron chi connectivity index (χ0n) is 19.4. The van der Waals surface area contributed by atoms with Gasteiger partial charge in [-0.2, -0.15) is 0 Å². The minimum Gasteiger partial charge on any atom is -0.469 e. The molecule has 0 radical (unpaired) electrons. The van der Waals surface area contributed by atoms with Gasteiger partial charge in [-0.1, -0.05) is 6.92 Å². The van der Waals surface area contributed by atoms with E-state index in [1.807, 2.05) is 27.9 Å². The Balaban J connectivity index is 4.70. The van der Waals surface area contributed by atoms with Gasteiger partial charge in [-0.15, -0.1) is 0 Å². The van der Waals surface area contributed by atoms with Crippen LogP contribution in [0, 0.1) is 11.8 Å². The molecule has 29 heavy (non-hydrogen) atoms. The summed E-state index contributed by atoms with van der Waals surface area (Å²) in [5.41, 5.74) is 0. The van der Waals surface area contributed by atoms with Crippen molar-refractivity contribution in [2.24, 2.45) is 11.8 Å². The number of methoxy groups -OCH3 is 1. The molecule has 0 saturated heterocycles. The smallest absolute Gasteiger partial charge is 0.469 e. The van der Waals surface area contributed by atoms with Gasteiger partial charge in [0.2, 0.25) is 0 Å². The molecular formula is C19H41N2O7Si+. The first-order valence-corrected chi connectivity index (χ1v) is 11.9. The fourth-order valence-corrected chi connectivity index (χ4v) is 5.32. The highest BCUT2D eigenvalue weighted by atomic mass is 28.4. The number of carbonyl (C=O) groups excluding carboxylic acids is 2. The Morgan fingerprint density at radius 2 is 1.66 bits per heavy atom. The zero-order chi connectivity index (χ0) is 22.5. The van der Waals surface area contributed by atoms with Crippen LogP contribution in [-0.2, 0) is 32.3 Å². The lowest BCUT2D eigenvalue weighted by Gasteiger charge is -2.31. The Kier molecular flexibility index (Phi) is 13.5. The summed E-state index contributed by atoms with van der Waals surface area (Å²) in [5.74, 6) is -0.834. The summed E-state index contributed by atoms with van der Waals surface area (Å²) in [7, 11) is 7.27. The third-order valence-corrected chi connectivity index (χ3v) is 8.00. The molecule has 2 unspecified atom stereocenters. The summed E-state index contributed by atoms with van der Waals surface area (Å²) in [4.78, 5) is 23.8. The summed E-state index contributed by atoms with van der Waals surface area (Å²) in [6.07, 6.45) is 0.882. The molecule has 0 aliphatic rings. The number of carbonyl (C=O) groups is 2. The molecule has 0 aliphatic heterocycles. The van der Waals surface area contributed by atoms with E-state index in [2.05, 4.69) is 5.32 Å². The van der Waals surface area contributed by atoms with E-state index in [0.29, 0.717) is 30.2 Å². The SMILES string of the molecule is CCOC(=O)C[N+](C)(C)CCCNCC(C[Si](OC)(OC)OC)C(C)C(=O)OC. The Morgan fingerprint density at radius 1 is 1.07 bits per heavy atom. The molecule has 2 atom stereocenters. The van der Waals surface area contributed by atoms with Gasteiger partial charge >= 0.3 is 20.7 Å². The summed E-state index contributed by atoms with van der Waals surface area (Å²) >= 11 is 0.